The van der Waals surface area contributed by atoms with Gasteiger partial charge in [-0.1, -0.05) is 42.5 Å². The number of nitrogens with zero attached hydrogens (tertiary/aromatic N) is 1. The smallest absolute Gasteiger partial charge is 0.261 e. The first kappa shape index (κ1) is 26.1. The first-order valence-corrected chi connectivity index (χ1v) is 14.7. The number of anilines is 3. The van der Waals surface area contributed by atoms with Gasteiger partial charge in [0, 0.05) is 16.8 Å². The van der Waals surface area contributed by atoms with E-state index in [1.807, 2.05) is 36.4 Å². The summed E-state index contributed by atoms with van der Waals surface area (Å²) in [5.41, 5.74) is 3.84. The van der Waals surface area contributed by atoms with Crippen molar-refractivity contribution in [2.45, 2.75) is 0 Å². The standard InChI is InChI=1S/C25H21N3O3S.CH4O3S/c1-31-24-15-18(28-32(2,29)30)11-12-22(24)27-25-19-9-5-6-10-21(19)26-23-14-17-8-4-3-7-16(17)13-20(23)25;1-5(2,3)4/h3-15,28H,1-2H3,(H,26,27);1H3,(H,2,3,4). The molecule has 37 heavy (non-hydrogen) atoms. The van der Waals surface area contributed by atoms with Crippen LogP contribution in [0.1, 0.15) is 0 Å². The number of rotatable bonds is 5. The molecule has 0 radical (unpaired) electrons. The molecule has 1 heterocycles. The van der Waals surface area contributed by atoms with Crippen molar-refractivity contribution in [1.29, 1.82) is 0 Å². The van der Waals surface area contributed by atoms with Crippen molar-refractivity contribution in [2.75, 3.05) is 29.7 Å². The summed E-state index contributed by atoms with van der Waals surface area (Å²) < 4.78 is 57.1. The molecule has 0 fully saturated rings. The molecule has 0 atom stereocenters. The molecule has 0 amide bonds. The van der Waals surface area contributed by atoms with Crippen LogP contribution in [0.3, 0.4) is 0 Å². The van der Waals surface area contributed by atoms with E-state index < -0.39 is 20.1 Å². The van der Waals surface area contributed by atoms with Crippen LogP contribution in [0.4, 0.5) is 17.1 Å². The Hall–Kier alpha value is -3.93. The van der Waals surface area contributed by atoms with Gasteiger partial charge in [0.25, 0.3) is 10.1 Å². The van der Waals surface area contributed by atoms with Gasteiger partial charge in [0.2, 0.25) is 10.0 Å². The van der Waals surface area contributed by atoms with Crippen LogP contribution >= 0.6 is 0 Å². The third kappa shape index (κ3) is 6.64. The number of hydrogen-bond donors (Lipinski definition) is 3. The Kier molecular flexibility index (Phi) is 7.21. The molecule has 0 aliphatic heterocycles. The summed E-state index contributed by atoms with van der Waals surface area (Å²) in [4.78, 5) is 4.88. The van der Waals surface area contributed by atoms with Gasteiger partial charge in [-0.3, -0.25) is 9.27 Å². The zero-order valence-electron chi connectivity index (χ0n) is 20.3. The first-order chi connectivity index (χ1) is 17.4. The molecule has 5 rings (SSSR count). The fraction of sp³-hybridized carbons (Fsp3) is 0.115. The van der Waals surface area contributed by atoms with E-state index in [0.717, 1.165) is 50.2 Å². The average Bonchev–Trinajstić information content (AvgIpc) is 2.81. The van der Waals surface area contributed by atoms with Crippen LogP contribution in [-0.2, 0) is 20.1 Å². The second-order valence-corrected chi connectivity index (χ2v) is 11.6. The molecule has 4 aromatic carbocycles. The van der Waals surface area contributed by atoms with Crippen LogP contribution in [0, 0.1) is 0 Å². The number of para-hydroxylation sites is 1. The predicted molar refractivity (Wildman–Crippen MR) is 149 cm³/mol. The van der Waals surface area contributed by atoms with Crippen LogP contribution in [-0.4, -0.2) is 46.0 Å². The summed E-state index contributed by atoms with van der Waals surface area (Å²) in [5, 5.41) is 7.74. The predicted octanol–water partition coefficient (Wildman–Crippen LogP) is 5.17. The molecule has 0 aliphatic rings. The number of hydrogen-bond acceptors (Lipinski definition) is 7. The van der Waals surface area contributed by atoms with E-state index in [9.17, 15) is 16.8 Å². The zero-order valence-corrected chi connectivity index (χ0v) is 21.9. The van der Waals surface area contributed by atoms with Crippen LogP contribution < -0.4 is 14.8 Å². The summed E-state index contributed by atoms with van der Waals surface area (Å²) in [6.45, 7) is 0. The van der Waals surface area contributed by atoms with Crippen molar-refractivity contribution in [1.82, 2.24) is 4.98 Å². The van der Waals surface area contributed by atoms with Crippen LogP contribution in [0.15, 0.2) is 78.9 Å². The largest absolute Gasteiger partial charge is 0.494 e. The Morgan fingerprint density at radius 3 is 2.05 bits per heavy atom. The van der Waals surface area contributed by atoms with Crippen molar-refractivity contribution >= 4 is 69.8 Å². The van der Waals surface area contributed by atoms with Crippen LogP contribution in [0.25, 0.3) is 32.6 Å². The minimum Gasteiger partial charge on any atom is -0.494 e. The summed E-state index contributed by atoms with van der Waals surface area (Å²) in [6, 6.07) is 25.6. The monoisotopic (exact) mass is 539 g/mol. The minimum atomic E-state index is -3.67. The lowest BCUT2D eigenvalue weighted by Crippen LogP contribution is -2.09. The number of methoxy groups -OCH3 is 1. The molecule has 3 N–H and O–H groups in total. The molecular formula is C26H25N3O6S2. The zero-order chi connectivity index (χ0) is 26.8. The lowest BCUT2D eigenvalue weighted by atomic mass is 10.0. The molecular weight excluding hydrogens is 514 g/mol. The summed E-state index contributed by atoms with van der Waals surface area (Å²) >= 11 is 0. The minimum absolute atomic E-state index is 0.435. The van der Waals surface area contributed by atoms with Gasteiger partial charge in [0.05, 0.1) is 47.7 Å². The highest BCUT2D eigenvalue weighted by atomic mass is 32.2. The van der Waals surface area contributed by atoms with E-state index in [1.165, 1.54) is 0 Å². The van der Waals surface area contributed by atoms with Gasteiger partial charge in [-0.25, -0.2) is 13.4 Å². The molecule has 192 valence electrons. The number of pyridine rings is 1. The van der Waals surface area contributed by atoms with E-state index >= 15 is 0 Å². The van der Waals surface area contributed by atoms with Crippen molar-refractivity contribution in [3.05, 3.63) is 78.9 Å². The number of benzene rings is 4. The molecule has 0 unspecified atom stereocenters. The Morgan fingerprint density at radius 2 is 1.41 bits per heavy atom. The number of fused-ring (bicyclic) bond motifs is 3. The highest BCUT2D eigenvalue weighted by Crippen LogP contribution is 2.38. The highest BCUT2D eigenvalue weighted by molar-refractivity contribution is 7.92. The quantitative estimate of drug-likeness (QED) is 0.206. The maximum absolute atomic E-state index is 11.6. The molecule has 0 saturated carbocycles. The summed E-state index contributed by atoms with van der Waals surface area (Å²) in [6.07, 6.45) is 1.83. The van der Waals surface area contributed by atoms with E-state index in [2.05, 4.69) is 34.3 Å². The number of aromatic nitrogens is 1. The van der Waals surface area contributed by atoms with Crippen molar-refractivity contribution in [3.8, 4) is 5.75 Å². The fourth-order valence-corrected chi connectivity index (χ4v) is 4.47. The Morgan fingerprint density at radius 1 is 0.784 bits per heavy atom. The van der Waals surface area contributed by atoms with Crippen molar-refractivity contribution in [2.24, 2.45) is 0 Å². The van der Waals surface area contributed by atoms with Crippen molar-refractivity contribution < 1.29 is 26.1 Å². The summed E-state index contributed by atoms with van der Waals surface area (Å²) in [5.74, 6) is 0.522. The Balaban J connectivity index is 0.000000586. The molecule has 5 aromatic rings. The topological polar surface area (TPSA) is 135 Å². The maximum Gasteiger partial charge on any atom is 0.261 e. The molecule has 0 aliphatic carbocycles. The van der Waals surface area contributed by atoms with Crippen LogP contribution in [0.5, 0.6) is 5.75 Å². The number of sulfonamides is 1. The van der Waals surface area contributed by atoms with Crippen molar-refractivity contribution in [3.63, 3.8) is 0 Å². The SMILES string of the molecule is COc1cc(NS(C)(=O)=O)ccc1Nc1c2ccccc2nc2cc3ccccc3cc12.CS(=O)(=O)O. The third-order valence-corrected chi connectivity index (χ3v) is 5.92. The van der Waals surface area contributed by atoms with Gasteiger partial charge < -0.3 is 10.1 Å². The highest BCUT2D eigenvalue weighted by Gasteiger charge is 2.14. The van der Waals surface area contributed by atoms with Gasteiger partial charge in [-0.05, 0) is 41.1 Å². The lowest BCUT2D eigenvalue weighted by molar-refractivity contribution is 0.417. The normalized spacial score (nSPS) is 11.7. The van der Waals surface area contributed by atoms with Gasteiger partial charge >= 0.3 is 0 Å². The van der Waals surface area contributed by atoms with Crippen LogP contribution in [0.2, 0.25) is 0 Å². The van der Waals surface area contributed by atoms with Gasteiger partial charge in [0.15, 0.2) is 0 Å². The first-order valence-electron chi connectivity index (χ1n) is 11.0. The van der Waals surface area contributed by atoms with E-state index in [-0.39, 0.29) is 0 Å². The van der Waals surface area contributed by atoms with E-state index in [0.29, 0.717) is 17.7 Å². The van der Waals surface area contributed by atoms with E-state index in [4.69, 9.17) is 14.3 Å². The number of ether oxygens (including phenoxy) is 1. The average molecular weight is 540 g/mol. The van der Waals surface area contributed by atoms with Gasteiger partial charge in [-0.2, -0.15) is 8.42 Å². The van der Waals surface area contributed by atoms with E-state index in [1.54, 1.807) is 25.3 Å². The molecule has 11 heteroatoms. The number of nitrogens with one attached hydrogen (secondary N) is 2. The third-order valence-electron chi connectivity index (χ3n) is 5.31. The fourth-order valence-electron chi connectivity index (χ4n) is 3.92. The molecule has 1 aromatic heterocycles. The Bertz CT molecular complexity index is 1830. The molecule has 0 spiro atoms. The lowest BCUT2D eigenvalue weighted by Gasteiger charge is -2.17. The Labute approximate surface area is 214 Å². The maximum atomic E-state index is 11.6. The molecule has 9 nitrogen and oxygen atoms in total. The summed E-state index contributed by atoms with van der Waals surface area (Å²) in [7, 11) is -5.50. The van der Waals surface area contributed by atoms with Gasteiger partial charge in [-0.15, -0.1) is 0 Å². The molecule has 0 saturated heterocycles. The van der Waals surface area contributed by atoms with Gasteiger partial charge in [0.1, 0.15) is 5.75 Å². The second kappa shape index (κ2) is 10.2. The second-order valence-electron chi connectivity index (χ2n) is 8.37. The molecule has 0 bridgehead atoms.